The van der Waals surface area contributed by atoms with Crippen molar-refractivity contribution in [3.05, 3.63) is 12.2 Å². The Bertz CT molecular complexity index is 275. The van der Waals surface area contributed by atoms with Crippen LogP contribution in [0.3, 0.4) is 0 Å². The number of carbonyl (C=O) groups excluding carboxylic acids is 1. The van der Waals surface area contributed by atoms with Crippen molar-refractivity contribution in [2.45, 2.75) is 26.3 Å². The first-order chi connectivity index (χ1) is 7.27. The van der Waals surface area contributed by atoms with E-state index in [1.54, 1.807) is 6.08 Å². The minimum absolute atomic E-state index is 0.193. The van der Waals surface area contributed by atoms with Crippen LogP contribution in [-0.2, 0) is 4.79 Å². The Balaban J connectivity index is 2.10. The molecule has 2 rings (SSSR count). The molecule has 0 bridgehead atoms. The van der Waals surface area contributed by atoms with Gasteiger partial charge in [0.1, 0.15) is 0 Å². The first kappa shape index (κ1) is 10.7. The zero-order valence-corrected chi connectivity index (χ0v) is 9.57. The van der Waals surface area contributed by atoms with E-state index in [9.17, 15) is 4.79 Å². The van der Waals surface area contributed by atoms with Gasteiger partial charge in [-0.3, -0.25) is 4.79 Å². The highest BCUT2D eigenvalue weighted by Crippen LogP contribution is 2.34. The van der Waals surface area contributed by atoms with Gasteiger partial charge in [-0.2, -0.15) is 0 Å². The lowest BCUT2D eigenvalue weighted by Gasteiger charge is -2.25. The van der Waals surface area contributed by atoms with Crippen LogP contribution in [0.5, 0.6) is 0 Å². The molecule has 3 nitrogen and oxygen atoms in total. The summed E-state index contributed by atoms with van der Waals surface area (Å²) in [5.41, 5.74) is 0. The molecule has 1 N–H and O–H groups in total. The van der Waals surface area contributed by atoms with Crippen LogP contribution in [0.15, 0.2) is 12.2 Å². The highest BCUT2D eigenvalue weighted by molar-refractivity contribution is 5.88. The van der Waals surface area contributed by atoms with E-state index in [-0.39, 0.29) is 5.91 Å². The van der Waals surface area contributed by atoms with Crippen molar-refractivity contribution in [3.63, 3.8) is 0 Å². The molecule has 2 aliphatic heterocycles. The number of carbonyl (C=O) groups is 1. The summed E-state index contributed by atoms with van der Waals surface area (Å²) >= 11 is 0. The van der Waals surface area contributed by atoms with E-state index in [0.717, 1.165) is 26.1 Å². The molecule has 0 saturated carbocycles. The number of hydrogen-bond acceptors (Lipinski definition) is 2. The molecule has 0 radical (unpaired) electrons. The average Bonchev–Trinajstić information content (AvgIpc) is 2.76. The number of amides is 1. The van der Waals surface area contributed by atoms with E-state index >= 15 is 0 Å². The Morgan fingerprint density at radius 2 is 2.33 bits per heavy atom. The fourth-order valence-corrected chi connectivity index (χ4v) is 3.04. The summed E-state index contributed by atoms with van der Waals surface area (Å²) < 4.78 is 0. The lowest BCUT2D eigenvalue weighted by atomic mass is 9.93. The van der Waals surface area contributed by atoms with E-state index in [1.807, 2.05) is 13.0 Å². The van der Waals surface area contributed by atoms with Gasteiger partial charge in [-0.15, -0.1) is 0 Å². The number of nitrogens with zero attached hydrogens (tertiary/aromatic N) is 1. The van der Waals surface area contributed by atoms with Crippen molar-refractivity contribution in [2.75, 3.05) is 19.6 Å². The van der Waals surface area contributed by atoms with E-state index in [4.69, 9.17) is 0 Å². The second-order valence-corrected chi connectivity index (χ2v) is 4.55. The highest BCUT2D eigenvalue weighted by Gasteiger charge is 2.44. The van der Waals surface area contributed by atoms with Crippen LogP contribution in [-0.4, -0.2) is 36.5 Å². The molecule has 1 amide bonds. The minimum Gasteiger partial charge on any atom is -0.336 e. The van der Waals surface area contributed by atoms with Crippen molar-refractivity contribution in [1.29, 1.82) is 0 Å². The van der Waals surface area contributed by atoms with Crippen LogP contribution in [0.2, 0.25) is 0 Å². The summed E-state index contributed by atoms with van der Waals surface area (Å²) in [6.07, 6.45) is 4.60. The summed E-state index contributed by atoms with van der Waals surface area (Å²) in [4.78, 5) is 13.9. The van der Waals surface area contributed by atoms with E-state index < -0.39 is 0 Å². The summed E-state index contributed by atoms with van der Waals surface area (Å²) in [5.74, 6) is 1.56. The predicted octanol–water partition coefficient (Wildman–Crippen LogP) is 1.02. The quantitative estimate of drug-likeness (QED) is 0.687. The zero-order chi connectivity index (χ0) is 10.8. The topological polar surface area (TPSA) is 32.3 Å². The fraction of sp³-hybridized carbons (Fsp3) is 0.750. The highest BCUT2D eigenvalue weighted by atomic mass is 16.2. The van der Waals surface area contributed by atoms with Gasteiger partial charge in [-0.05, 0) is 31.3 Å². The smallest absolute Gasteiger partial charge is 0.246 e. The van der Waals surface area contributed by atoms with E-state index in [1.165, 1.54) is 0 Å². The third kappa shape index (κ3) is 1.81. The van der Waals surface area contributed by atoms with Crippen LogP contribution in [0.4, 0.5) is 0 Å². The molecule has 0 aromatic carbocycles. The Morgan fingerprint density at radius 1 is 1.53 bits per heavy atom. The summed E-state index contributed by atoms with van der Waals surface area (Å²) in [6.45, 7) is 7.20. The summed E-state index contributed by atoms with van der Waals surface area (Å²) in [7, 11) is 0. The van der Waals surface area contributed by atoms with Crippen LogP contribution in [0.1, 0.15) is 20.3 Å². The summed E-state index contributed by atoms with van der Waals surface area (Å²) in [6, 6.07) is 0.452. The Kier molecular flexibility index (Phi) is 3.10. The van der Waals surface area contributed by atoms with Crippen LogP contribution < -0.4 is 5.32 Å². The average molecular weight is 208 g/mol. The van der Waals surface area contributed by atoms with Crippen molar-refractivity contribution in [3.8, 4) is 0 Å². The normalized spacial score (nSPS) is 35.1. The molecule has 0 aliphatic carbocycles. The second kappa shape index (κ2) is 4.35. The van der Waals surface area contributed by atoms with Gasteiger partial charge in [0.15, 0.2) is 0 Å². The third-order valence-electron chi connectivity index (χ3n) is 3.73. The van der Waals surface area contributed by atoms with Gasteiger partial charge in [-0.25, -0.2) is 0 Å². The monoisotopic (exact) mass is 208 g/mol. The van der Waals surface area contributed by atoms with Gasteiger partial charge in [-0.1, -0.05) is 13.0 Å². The van der Waals surface area contributed by atoms with Gasteiger partial charge >= 0.3 is 0 Å². The lowest BCUT2D eigenvalue weighted by molar-refractivity contribution is -0.127. The lowest BCUT2D eigenvalue weighted by Crippen LogP contribution is -2.38. The number of allylic oxidation sites excluding steroid dienone is 1. The molecule has 84 valence electrons. The van der Waals surface area contributed by atoms with Gasteiger partial charge in [0.25, 0.3) is 0 Å². The number of likely N-dealkylation sites (tertiary alicyclic amines) is 1. The number of hydrogen-bond donors (Lipinski definition) is 1. The molecule has 15 heavy (non-hydrogen) atoms. The minimum atomic E-state index is 0.193. The third-order valence-corrected chi connectivity index (χ3v) is 3.73. The van der Waals surface area contributed by atoms with Crippen LogP contribution in [0, 0.1) is 11.8 Å². The van der Waals surface area contributed by atoms with Crippen molar-refractivity contribution >= 4 is 5.91 Å². The maximum atomic E-state index is 11.9. The first-order valence-electron chi connectivity index (χ1n) is 5.92. The number of rotatable bonds is 2. The zero-order valence-electron chi connectivity index (χ0n) is 9.57. The molecule has 2 heterocycles. The molecule has 3 heteroatoms. The summed E-state index contributed by atoms with van der Waals surface area (Å²) in [5, 5.41) is 3.42. The maximum Gasteiger partial charge on any atom is 0.246 e. The van der Waals surface area contributed by atoms with Crippen LogP contribution >= 0.6 is 0 Å². The van der Waals surface area contributed by atoms with Crippen LogP contribution in [0.25, 0.3) is 0 Å². The maximum absolute atomic E-state index is 11.9. The molecular formula is C12H20N2O. The number of fused-ring (bicyclic) bond motifs is 1. The molecule has 2 saturated heterocycles. The first-order valence-corrected chi connectivity index (χ1v) is 5.92. The molecule has 3 atom stereocenters. The SMILES string of the molecule is CC=CC(=O)N1CC2CNCC2C1CC. The Hall–Kier alpha value is -0.830. The molecular weight excluding hydrogens is 188 g/mol. The van der Waals surface area contributed by atoms with Crippen molar-refractivity contribution < 1.29 is 4.79 Å². The predicted molar refractivity (Wildman–Crippen MR) is 60.5 cm³/mol. The Morgan fingerprint density at radius 3 is 3.00 bits per heavy atom. The van der Waals surface area contributed by atoms with Gasteiger partial charge in [0.05, 0.1) is 0 Å². The van der Waals surface area contributed by atoms with Gasteiger partial charge < -0.3 is 10.2 Å². The van der Waals surface area contributed by atoms with Crippen molar-refractivity contribution in [1.82, 2.24) is 10.2 Å². The molecule has 0 aromatic heterocycles. The second-order valence-electron chi connectivity index (χ2n) is 4.55. The molecule has 2 aliphatic rings. The Labute approximate surface area is 91.5 Å². The van der Waals surface area contributed by atoms with Gasteiger partial charge in [0.2, 0.25) is 5.91 Å². The standard InChI is InChI=1S/C12H20N2O/c1-3-5-12(15)14-8-9-6-13-7-10(9)11(14)4-2/h3,5,9-11,13H,4,6-8H2,1-2H3. The molecule has 0 spiro atoms. The van der Waals surface area contributed by atoms with E-state index in [0.29, 0.717) is 17.9 Å². The molecule has 2 fully saturated rings. The van der Waals surface area contributed by atoms with Crippen molar-refractivity contribution in [2.24, 2.45) is 11.8 Å². The number of nitrogens with one attached hydrogen (secondary N) is 1. The molecule has 0 aromatic rings. The molecule has 3 unspecified atom stereocenters. The largest absolute Gasteiger partial charge is 0.336 e. The van der Waals surface area contributed by atoms with E-state index in [2.05, 4.69) is 17.1 Å². The fourth-order valence-electron chi connectivity index (χ4n) is 3.04. The van der Waals surface area contributed by atoms with Gasteiger partial charge in [0, 0.05) is 25.7 Å².